The molecule has 0 aliphatic carbocycles. The van der Waals surface area contributed by atoms with Gasteiger partial charge in [0.05, 0.1) is 30.1 Å². The van der Waals surface area contributed by atoms with Crippen molar-refractivity contribution in [3.8, 4) is 11.3 Å². The van der Waals surface area contributed by atoms with Crippen LogP contribution in [0.4, 0.5) is 23.4 Å². The molecule has 0 unspecified atom stereocenters. The molecule has 2 fully saturated rings. The summed E-state index contributed by atoms with van der Waals surface area (Å²) >= 11 is 1.32. The first-order valence-electron chi connectivity index (χ1n) is 13.8. The SMILES string of the molecule is Cc1cc(-c2nc(CC(=O)c3cnc(N4CCC(F)(C(=O)O)CC4)cn3)sc2CN2CCC[C@H]2C)cc(C(F)(F)F)c1. The number of ketones is 1. The van der Waals surface area contributed by atoms with Crippen LogP contribution in [0, 0.1) is 6.92 Å². The minimum atomic E-state index is -4.50. The number of carboxylic acid groups (broad SMARTS) is 1. The number of anilines is 1. The molecule has 1 atom stereocenters. The maximum atomic E-state index is 14.4. The number of carbonyl (C=O) groups excluding carboxylic acids is 1. The van der Waals surface area contributed by atoms with E-state index in [1.54, 1.807) is 17.9 Å². The lowest BCUT2D eigenvalue weighted by atomic mass is 9.93. The number of aliphatic carboxylic acids is 1. The number of aryl methyl sites for hydroxylation is 1. The molecule has 0 radical (unpaired) electrons. The fourth-order valence-corrected chi connectivity index (χ4v) is 6.58. The van der Waals surface area contributed by atoms with Gasteiger partial charge in [0.1, 0.15) is 16.5 Å². The van der Waals surface area contributed by atoms with Gasteiger partial charge in [0, 0.05) is 49.0 Å². The lowest BCUT2D eigenvalue weighted by Gasteiger charge is -2.34. The van der Waals surface area contributed by atoms with Gasteiger partial charge in [-0.3, -0.25) is 9.69 Å². The van der Waals surface area contributed by atoms with E-state index in [2.05, 4.69) is 26.8 Å². The van der Waals surface area contributed by atoms with E-state index < -0.39 is 23.4 Å². The van der Waals surface area contributed by atoms with Crippen LogP contribution in [0.2, 0.25) is 0 Å². The zero-order valence-corrected chi connectivity index (χ0v) is 24.1. The highest BCUT2D eigenvalue weighted by Gasteiger charge is 2.42. The third-order valence-corrected chi connectivity index (χ3v) is 9.00. The second-order valence-corrected chi connectivity index (χ2v) is 12.2. The first kappa shape index (κ1) is 30.0. The van der Waals surface area contributed by atoms with Crippen LogP contribution in [-0.4, -0.2) is 68.1 Å². The number of halogens is 4. The van der Waals surface area contributed by atoms with Crippen LogP contribution < -0.4 is 4.90 Å². The van der Waals surface area contributed by atoms with E-state index in [-0.39, 0.29) is 43.8 Å². The van der Waals surface area contributed by atoms with Crippen molar-refractivity contribution in [2.24, 2.45) is 0 Å². The van der Waals surface area contributed by atoms with Gasteiger partial charge in [0.15, 0.2) is 5.78 Å². The number of alkyl halides is 4. The van der Waals surface area contributed by atoms with Crippen LogP contribution in [0.1, 0.15) is 64.1 Å². The molecule has 2 aromatic heterocycles. The number of rotatable bonds is 8. The molecule has 3 aromatic rings. The monoisotopic (exact) mass is 605 g/mol. The first-order chi connectivity index (χ1) is 19.8. The fourth-order valence-electron chi connectivity index (χ4n) is 5.46. The third kappa shape index (κ3) is 6.46. The van der Waals surface area contributed by atoms with Gasteiger partial charge in [-0.1, -0.05) is 0 Å². The predicted molar refractivity (Wildman–Crippen MR) is 149 cm³/mol. The Morgan fingerprint density at radius 1 is 1.12 bits per heavy atom. The lowest BCUT2D eigenvalue weighted by Crippen LogP contribution is -2.46. The predicted octanol–water partition coefficient (Wildman–Crippen LogP) is 5.73. The van der Waals surface area contributed by atoms with Gasteiger partial charge in [0.2, 0.25) is 5.67 Å². The zero-order valence-electron chi connectivity index (χ0n) is 23.2. The van der Waals surface area contributed by atoms with Gasteiger partial charge >= 0.3 is 12.1 Å². The smallest absolute Gasteiger partial charge is 0.416 e. The highest BCUT2D eigenvalue weighted by Crippen LogP contribution is 2.37. The van der Waals surface area contributed by atoms with E-state index in [9.17, 15) is 27.2 Å². The van der Waals surface area contributed by atoms with E-state index in [1.165, 1.54) is 23.7 Å². The van der Waals surface area contributed by atoms with Gasteiger partial charge in [0.25, 0.3) is 0 Å². The van der Waals surface area contributed by atoms with Gasteiger partial charge in [-0.2, -0.15) is 13.2 Å². The summed E-state index contributed by atoms with van der Waals surface area (Å²) < 4.78 is 55.1. The second kappa shape index (κ2) is 11.7. The number of nitrogens with zero attached hydrogens (tertiary/aromatic N) is 5. The van der Waals surface area contributed by atoms with Gasteiger partial charge < -0.3 is 10.0 Å². The number of benzene rings is 1. The number of hydrogen-bond acceptors (Lipinski definition) is 8. The Bertz CT molecular complexity index is 1470. The summed E-state index contributed by atoms with van der Waals surface area (Å²) in [4.78, 5) is 42.3. The number of Topliss-reactive ketones (excluding diaryl/α,β-unsaturated/α-hetero) is 1. The maximum absolute atomic E-state index is 14.4. The highest BCUT2D eigenvalue weighted by atomic mass is 32.1. The van der Waals surface area contributed by atoms with Gasteiger partial charge in [-0.15, -0.1) is 11.3 Å². The molecule has 0 spiro atoms. The van der Waals surface area contributed by atoms with Crippen molar-refractivity contribution >= 4 is 28.9 Å². The fraction of sp³-hybridized carbons (Fsp3) is 0.483. The summed E-state index contributed by atoms with van der Waals surface area (Å²) in [5, 5.41) is 9.56. The number of thiazole rings is 1. The number of hydrogen-bond donors (Lipinski definition) is 1. The molecule has 42 heavy (non-hydrogen) atoms. The van der Waals surface area contributed by atoms with Crippen LogP contribution in [-0.2, 0) is 23.9 Å². The molecule has 13 heteroatoms. The van der Waals surface area contributed by atoms with Crippen LogP contribution in [0.25, 0.3) is 11.3 Å². The van der Waals surface area contributed by atoms with Crippen LogP contribution in [0.3, 0.4) is 0 Å². The Hall–Kier alpha value is -3.45. The maximum Gasteiger partial charge on any atom is 0.416 e. The number of carboxylic acids is 1. The van der Waals surface area contributed by atoms with E-state index in [0.717, 1.165) is 36.4 Å². The average Bonchev–Trinajstić information content (AvgIpc) is 3.53. The van der Waals surface area contributed by atoms with E-state index in [0.29, 0.717) is 40.2 Å². The minimum absolute atomic E-state index is 0.0914. The lowest BCUT2D eigenvalue weighted by molar-refractivity contribution is -0.152. The van der Waals surface area contributed by atoms with Crippen LogP contribution >= 0.6 is 11.3 Å². The summed E-state index contributed by atoms with van der Waals surface area (Å²) in [7, 11) is 0. The molecular weight excluding hydrogens is 574 g/mol. The Labute approximate surface area is 244 Å². The Morgan fingerprint density at radius 3 is 2.45 bits per heavy atom. The normalized spacial score (nSPS) is 19.3. The largest absolute Gasteiger partial charge is 0.479 e. The molecule has 1 N–H and O–H groups in total. The number of piperidine rings is 1. The molecule has 224 valence electrons. The molecule has 1 aromatic carbocycles. The van der Waals surface area contributed by atoms with Crippen molar-refractivity contribution in [2.45, 2.75) is 70.4 Å². The summed E-state index contributed by atoms with van der Waals surface area (Å²) in [5.41, 5.74) is -1.62. The molecule has 0 saturated carbocycles. The van der Waals surface area contributed by atoms with Crippen molar-refractivity contribution in [2.75, 3.05) is 24.5 Å². The quantitative estimate of drug-likeness (QED) is 0.257. The number of carbonyl (C=O) groups is 2. The summed E-state index contributed by atoms with van der Waals surface area (Å²) in [6, 6.07) is 4.24. The van der Waals surface area contributed by atoms with Gasteiger partial charge in [-0.25, -0.2) is 24.1 Å². The molecule has 2 aliphatic heterocycles. The molecule has 5 rings (SSSR count). The summed E-state index contributed by atoms with van der Waals surface area (Å²) in [6.45, 7) is 5.46. The molecule has 8 nitrogen and oxygen atoms in total. The molecule has 2 aliphatic rings. The Kier molecular flexibility index (Phi) is 8.35. The van der Waals surface area contributed by atoms with Crippen molar-refractivity contribution in [1.29, 1.82) is 0 Å². The highest BCUT2D eigenvalue weighted by molar-refractivity contribution is 7.12. The van der Waals surface area contributed by atoms with Crippen molar-refractivity contribution in [1.82, 2.24) is 19.9 Å². The van der Waals surface area contributed by atoms with Crippen LogP contribution in [0.15, 0.2) is 30.6 Å². The molecule has 2 saturated heterocycles. The van der Waals surface area contributed by atoms with E-state index in [1.807, 2.05) is 0 Å². The Balaban J connectivity index is 1.36. The average molecular weight is 606 g/mol. The third-order valence-electron chi connectivity index (χ3n) is 7.96. The van der Waals surface area contributed by atoms with E-state index >= 15 is 0 Å². The minimum Gasteiger partial charge on any atom is -0.479 e. The first-order valence-corrected chi connectivity index (χ1v) is 14.6. The summed E-state index contributed by atoms with van der Waals surface area (Å²) in [6.07, 6.45) is -0.134. The van der Waals surface area contributed by atoms with Crippen LogP contribution in [0.5, 0.6) is 0 Å². The zero-order chi connectivity index (χ0) is 30.2. The van der Waals surface area contributed by atoms with Gasteiger partial charge in [-0.05, 0) is 57.0 Å². The Morgan fingerprint density at radius 2 is 1.86 bits per heavy atom. The molecule has 4 heterocycles. The molecular formula is C29H31F4N5O3S. The molecule has 0 amide bonds. The standard InChI is InChI=1S/C29H31F4N5O3S/c1-17-10-19(12-20(11-17)29(31,32)33)26-23(16-38-7-3-4-18(38)2)42-25(36-26)13-22(39)21-14-35-24(15-34-21)37-8-5-28(30,6-9-37)27(40)41/h10-12,14-15,18H,3-9,13,16H2,1-2H3,(H,40,41)/t18-/m1/s1. The number of likely N-dealkylation sites (tertiary alicyclic amines) is 1. The van der Waals surface area contributed by atoms with E-state index in [4.69, 9.17) is 5.11 Å². The van der Waals surface area contributed by atoms with Crippen molar-refractivity contribution < 1.29 is 32.3 Å². The molecule has 0 bridgehead atoms. The second-order valence-electron chi connectivity index (χ2n) is 11.0. The number of aromatic nitrogens is 3. The summed E-state index contributed by atoms with van der Waals surface area (Å²) in [5.74, 6) is -1.40. The topological polar surface area (TPSA) is 99.5 Å². The van der Waals surface area contributed by atoms with Crippen molar-refractivity contribution in [3.63, 3.8) is 0 Å². The van der Waals surface area contributed by atoms with Crippen molar-refractivity contribution in [3.05, 3.63) is 57.3 Å².